The van der Waals surface area contributed by atoms with Gasteiger partial charge in [-0.2, -0.15) is 0 Å². The van der Waals surface area contributed by atoms with Crippen LogP contribution in [0.4, 0.5) is 0 Å². The van der Waals surface area contributed by atoms with Gasteiger partial charge in [-0.1, -0.05) is 80.2 Å². The summed E-state index contributed by atoms with van der Waals surface area (Å²) in [5.41, 5.74) is 1.58. The maximum atomic E-state index is 13.1. The maximum absolute atomic E-state index is 13.1. The first-order chi connectivity index (χ1) is 19.1. The molecule has 9 heteroatoms. The van der Waals surface area contributed by atoms with Crippen molar-refractivity contribution in [1.29, 1.82) is 0 Å². The van der Waals surface area contributed by atoms with Crippen LogP contribution in [0.3, 0.4) is 0 Å². The van der Waals surface area contributed by atoms with Crippen molar-refractivity contribution in [3.05, 3.63) is 108 Å². The van der Waals surface area contributed by atoms with E-state index in [1.165, 1.54) is 0 Å². The number of carbonyl (C=O) groups excluding carboxylic acids is 3. The number of hydrogen-bond acceptors (Lipinski definition) is 8. The number of benzene rings is 3. The van der Waals surface area contributed by atoms with Gasteiger partial charge in [0, 0.05) is 0 Å². The molecule has 3 aromatic rings. The van der Waals surface area contributed by atoms with E-state index in [0.29, 0.717) is 5.56 Å². The Morgan fingerprint density at radius 3 is 1.70 bits per heavy atom. The molecule has 40 heavy (non-hydrogen) atoms. The van der Waals surface area contributed by atoms with Crippen molar-refractivity contribution >= 4 is 26.0 Å². The summed E-state index contributed by atoms with van der Waals surface area (Å²) < 4.78 is 22.7. The summed E-state index contributed by atoms with van der Waals surface area (Å²) in [6.07, 6.45) is -4.30. The van der Waals surface area contributed by atoms with Crippen LogP contribution >= 0.6 is 0 Å². The number of hydrogen-bond donors (Lipinski definition) is 1. The lowest BCUT2D eigenvalue weighted by atomic mass is 9.95. The minimum atomic E-state index is -2.25. The Balaban J connectivity index is 1.68. The van der Waals surface area contributed by atoms with E-state index in [0.717, 1.165) is 0 Å². The van der Waals surface area contributed by atoms with Crippen molar-refractivity contribution in [1.82, 2.24) is 0 Å². The predicted octanol–water partition coefficient (Wildman–Crippen LogP) is 4.26. The molecule has 0 saturated carbocycles. The molecule has 8 nitrogen and oxygen atoms in total. The minimum absolute atomic E-state index is 0.225. The van der Waals surface area contributed by atoms with Crippen LogP contribution in [-0.2, 0) is 18.9 Å². The molecule has 4 rings (SSSR count). The molecular weight excluding hydrogens is 528 g/mol. The predicted molar refractivity (Wildman–Crippen MR) is 149 cm³/mol. The van der Waals surface area contributed by atoms with Crippen molar-refractivity contribution < 1.29 is 38.4 Å². The third-order valence-electron chi connectivity index (χ3n) is 5.92. The molecule has 0 spiro atoms. The average Bonchev–Trinajstić information content (AvgIpc) is 3.21. The maximum Gasteiger partial charge on any atom is 0.340 e. The molecule has 1 aliphatic rings. The molecule has 0 unspecified atom stereocenters. The van der Waals surface area contributed by atoms with Crippen LogP contribution in [0, 0.1) is 11.5 Å². The number of carbonyl (C=O) groups is 3. The van der Waals surface area contributed by atoms with E-state index < -0.39 is 56.7 Å². The number of esters is 3. The molecule has 0 amide bonds. The van der Waals surface area contributed by atoms with E-state index in [-0.39, 0.29) is 11.1 Å². The molecule has 1 fully saturated rings. The quantitative estimate of drug-likeness (QED) is 0.198. The zero-order valence-electron chi connectivity index (χ0n) is 22.4. The first kappa shape index (κ1) is 28.8. The molecule has 1 N–H and O–H groups in total. The number of aliphatic hydroxyl groups is 1. The Morgan fingerprint density at radius 2 is 1.23 bits per heavy atom. The fourth-order valence-corrected chi connectivity index (χ4v) is 4.47. The van der Waals surface area contributed by atoms with Gasteiger partial charge in [-0.25, -0.2) is 14.4 Å². The van der Waals surface area contributed by atoms with Gasteiger partial charge in [0.15, 0.2) is 6.10 Å². The van der Waals surface area contributed by atoms with Gasteiger partial charge < -0.3 is 24.1 Å². The molecule has 4 atom stereocenters. The Labute approximate surface area is 233 Å². The molecule has 3 aromatic carbocycles. The van der Waals surface area contributed by atoms with Crippen molar-refractivity contribution in [2.24, 2.45) is 0 Å². The van der Waals surface area contributed by atoms with Crippen LogP contribution in [0.5, 0.6) is 0 Å². The number of rotatable bonds is 7. The summed E-state index contributed by atoms with van der Waals surface area (Å²) in [5.74, 6) is 0.646. The fraction of sp³-hybridized carbons (Fsp3) is 0.258. The van der Waals surface area contributed by atoms with Gasteiger partial charge in [0.25, 0.3) is 0 Å². The second kappa shape index (κ2) is 12.3. The standard InChI is InChI=1S/C31H30O8Si/c1-40(2,3)20-19-31(35)26(38-28(33)23-15-9-5-10-16-23)25(21-36-27(32)22-13-7-4-8-14-22)37-30(31)39-29(34)24-17-11-6-12-18-24/h4-18,25-26,30,35H,21H2,1-3H3/t25-,26-,30-,31-/m1/s1. The van der Waals surface area contributed by atoms with E-state index in [4.69, 9.17) is 18.9 Å². The highest BCUT2D eigenvalue weighted by atomic mass is 28.3. The SMILES string of the molecule is C[Si](C)(C)C#C[C@]1(O)[C@@H](OC(=O)c2ccccc2)O[C@H](COC(=O)c2ccccc2)[C@H]1OC(=O)c1ccccc1. The highest BCUT2D eigenvalue weighted by Crippen LogP contribution is 2.36. The normalized spacial score (nSPS) is 21.9. The van der Waals surface area contributed by atoms with E-state index >= 15 is 0 Å². The highest BCUT2D eigenvalue weighted by molar-refractivity contribution is 6.83. The first-order valence-electron chi connectivity index (χ1n) is 12.7. The van der Waals surface area contributed by atoms with E-state index in [9.17, 15) is 19.5 Å². The Morgan fingerprint density at radius 1 is 0.775 bits per heavy atom. The molecule has 0 aliphatic carbocycles. The molecule has 0 radical (unpaired) electrons. The van der Waals surface area contributed by atoms with Gasteiger partial charge in [-0.05, 0) is 36.4 Å². The van der Waals surface area contributed by atoms with E-state index in [1.807, 2.05) is 19.6 Å². The topological polar surface area (TPSA) is 108 Å². The second-order valence-corrected chi connectivity index (χ2v) is 15.0. The largest absolute Gasteiger partial charge is 0.459 e. The fourth-order valence-electron chi connectivity index (χ4n) is 3.89. The van der Waals surface area contributed by atoms with Crippen LogP contribution in [0.2, 0.25) is 19.6 Å². The third kappa shape index (κ3) is 7.04. The van der Waals surface area contributed by atoms with Crippen LogP contribution < -0.4 is 0 Å². The average molecular weight is 559 g/mol. The second-order valence-electron chi connectivity index (χ2n) is 10.3. The molecule has 1 heterocycles. The minimum Gasteiger partial charge on any atom is -0.459 e. The Bertz CT molecular complexity index is 1390. The van der Waals surface area contributed by atoms with Crippen LogP contribution in [0.25, 0.3) is 0 Å². The van der Waals surface area contributed by atoms with Crippen LogP contribution in [0.15, 0.2) is 91.0 Å². The summed E-state index contributed by atoms with van der Waals surface area (Å²) in [6, 6.07) is 24.7. The van der Waals surface area contributed by atoms with Gasteiger partial charge in [-0.3, -0.25) is 0 Å². The Hall–Kier alpha value is -4.23. The first-order valence-corrected chi connectivity index (χ1v) is 16.2. The summed E-state index contributed by atoms with van der Waals surface area (Å²) >= 11 is 0. The third-order valence-corrected chi connectivity index (χ3v) is 6.80. The van der Waals surface area contributed by atoms with Gasteiger partial charge in [-0.15, -0.1) is 5.54 Å². The molecule has 1 saturated heterocycles. The van der Waals surface area contributed by atoms with Crippen LogP contribution in [-0.4, -0.2) is 61.8 Å². The smallest absolute Gasteiger partial charge is 0.340 e. The van der Waals surface area contributed by atoms with Gasteiger partial charge in [0.05, 0.1) is 16.7 Å². The molecule has 0 aromatic heterocycles. The lowest BCUT2D eigenvalue weighted by Gasteiger charge is -2.28. The Kier molecular flexibility index (Phi) is 8.85. The van der Waals surface area contributed by atoms with Crippen molar-refractivity contribution in [3.8, 4) is 11.5 Å². The molecule has 1 aliphatic heterocycles. The summed E-state index contributed by atoms with van der Waals surface area (Å²) in [4.78, 5) is 38.7. The monoisotopic (exact) mass is 558 g/mol. The van der Waals surface area contributed by atoms with Gasteiger partial charge >= 0.3 is 17.9 Å². The van der Waals surface area contributed by atoms with E-state index in [2.05, 4.69) is 11.5 Å². The van der Waals surface area contributed by atoms with Crippen molar-refractivity contribution in [3.63, 3.8) is 0 Å². The van der Waals surface area contributed by atoms with Crippen LogP contribution in [0.1, 0.15) is 31.1 Å². The van der Waals surface area contributed by atoms with Gasteiger partial charge in [0.1, 0.15) is 20.8 Å². The summed E-state index contributed by atoms with van der Waals surface area (Å²) in [7, 11) is -2.08. The number of ether oxygens (including phenoxy) is 4. The molecule has 206 valence electrons. The van der Waals surface area contributed by atoms with E-state index in [1.54, 1.807) is 91.0 Å². The zero-order valence-corrected chi connectivity index (χ0v) is 23.4. The zero-order chi connectivity index (χ0) is 28.8. The lowest BCUT2D eigenvalue weighted by Crippen LogP contribution is -2.51. The molecular formula is C31H30O8Si. The molecule has 0 bridgehead atoms. The summed E-state index contributed by atoms with van der Waals surface area (Å²) in [6.45, 7) is 5.49. The highest BCUT2D eigenvalue weighted by Gasteiger charge is 2.60. The van der Waals surface area contributed by atoms with Gasteiger partial charge in [0.2, 0.25) is 11.9 Å². The van der Waals surface area contributed by atoms with Crippen molar-refractivity contribution in [2.75, 3.05) is 6.61 Å². The summed E-state index contributed by atoms with van der Waals surface area (Å²) in [5, 5.41) is 11.9. The van der Waals surface area contributed by atoms with Crippen molar-refractivity contribution in [2.45, 2.75) is 43.7 Å². The lowest BCUT2D eigenvalue weighted by molar-refractivity contribution is -0.159.